The summed E-state index contributed by atoms with van der Waals surface area (Å²) in [7, 11) is -4.17. The second-order valence-corrected chi connectivity index (χ2v) is 12.6. The highest BCUT2D eigenvalue weighted by Gasteiger charge is 2.34. The Balaban J connectivity index is 1.50. The molecular formula is C32H37N3O6S. The van der Waals surface area contributed by atoms with Gasteiger partial charge in [0.15, 0.2) is 11.5 Å². The van der Waals surface area contributed by atoms with Gasteiger partial charge in [0.1, 0.15) is 25.8 Å². The number of nitrogens with zero attached hydrogens (tertiary/aromatic N) is 2. The fraction of sp³-hybridized carbons (Fsp3) is 0.375. The van der Waals surface area contributed by atoms with E-state index in [-0.39, 0.29) is 29.1 Å². The van der Waals surface area contributed by atoms with Gasteiger partial charge in [-0.25, -0.2) is 8.42 Å². The number of carbonyl (C=O) groups excluding carboxylic acids is 2. The zero-order valence-corrected chi connectivity index (χ0v) is 24.8. The maximum atomic E-state index is 14.2. The Hall–Kier alpha value is -4.05. The van der Waals surface area contributed by atoms with Crippen molar-refractivity contribution in [3.63, 3.8) is 0 Å². The van der Waals surface area contributed by atoms with Crippen LogP contribution >= 0.6 is 0 Å². The van der Waals surface area contributed by atoms with Crippen molar-refractivity contribution in [2.24, 2.45) is 0 Å². The van der Waals surface area contributed by atoms with E-state index in [0.29, 0.717) is 24.7 Å². The van der Waals surface area contributed by atoms with E-state index in [1.54, 1.807) is 43.3 Å². The van der Waals surface area contributed by atoms with Gasteiger partial charge in [0.05, 0.1) is 10.6 Å². The lowest BCUT2D eigenvalue weighted by atomic mass is 10.1. The average Bonchev–Trinajstić information content (AvgIpc) is 3.52. The van der Waals surface area contributed by atoms with Crippen LogP contribution < -0.4 is 19.1 Å². The smallest absolute Gasteiger partial charge is 0.264 e. The largest absolute Gasteiger partial charge is 0.486 e. The first-order chi connectivity index (χ1) is 20.2. The highest BCUT2D eigenvalue weighted by Crippen LogP contribution is 2.36. The molecule has 1 fully saturated rings. The van der Waals surface area contributed by atoms with Crippen molar-refractivity contribution in [3.8, 4) is 11.5 Å². The number of amides is 2. The zero-order valence-electron chi connectivity index (χ0n) is 24.0. The quantitative estimate of drug-likeness (QED) is 0.374. The van der Waals surface area contributed by atoms with Crippen molar-refractivity contribution in [2.75, 3.05) is 24.1 Å². The number of aryl methyl sites for hydroxylation is 1. The van der Waals surface area contributed by atoms with Crippen molar-refractivity contribution >= 4 is 27.5 Å². The third kappa shape index (κ3) is 6.54. The lowest BCUT2D eigenvalue weighted by molar-refractivity contribution is -0.139. The Bertz CT molecular complexity index is 1520. The van der Waals surface area contributed by atoms with E-state index < -0.39 is 28.5 Å². The topological polar surface area (TPSA) is 105 Å². The molecule has 0 bridgehead atoms. The second kappa shape index (κ2) is 12.9. The minimum atomic E-state index is -4.17. The summed E-state index contributed by atoms with van der Waals surface area (Å²) in [5.74, 6) is 0.162. The van der Waals surface area contributed by atoms with Crippen LogP contribution in [0.2, 0.25) is 0 Å². The fourth-order valence-electron chi connectivity index (χ4n) is 5.38. The predicted octanol–water partition coefficient (Wildman–Crippen LogP) is 4.44. The molecule has 0 unspecified atom stereocenters. The number of hydrogen-bond donors (Lipinski definition) is 1. The Morgan fingerprint density at radius 3 is 2.31 bits per heavy atom. The molecule has 1 aliphatic heterocycles. The molecule has 0 radical (unpaired) electrons. The van der Waals surface area contributed by atoms with Crippen LogP contribution in [-0.4, -0.2) is 57.0 Å². The molecule has 5 rings (SSSR count). The molecule has 9 nitrogen and oxygen atoms in total. The molecule has 1 atom stereocenters. The number of sulfonamides is 1. The van der Waals surface area contributed by atoms with Gasteiger partial charge in [0.2, 0.25) is 11.8 Å². The van der Waals surface area contributed by atoms with Gasteiger partial charge in [-0.05, 0) is 62.1 Å². The summed E-state index contributed by atoms with van der Waals surface area (Å²) >= 11 is 0. The maximum Gasteiger partial charge on any atom is 0.264 e. The SMILES string of the molecule is Cc1ccccc1CN(C(=O)CN(c1ccc2c(c1)OCCO2)S(=O)(=O)c1ccccc1)[C@@H](C)C(=O)NC1CCCC1. The van der Waals surface area contributed by atoms with E-state index in [1.807, 2.05) is 31.2 Å². The second-order valence-electron chi connectivity index (χ2n) is 10.8. The maximum absolute atomic E-state index is 14.2. The summed E-state index contributed by atoms with van der Waals surface area (Å²) in [6, 6.07) is 19.7. The van der Waals surface area contributed by atoms with E-state index in [9.17, 15) is 18.0 Å². The van der Waals surface area contributed by atoms with Gasteiger partial charge < -0.3 is 19.7 Å². The van der Waals surface area contributed by atoms with Gasteiger partial charge in [0, 0.05) is 18.7 Å². The number of anilines is 1. The average molecular weight is 592 g/mol. The first kappa shape index (κ1) is 29.4. The van der Waals surface area contributed by atoms with Crippen LogP contribution in [-0.2, 0) is 26.2 Å². The Morgan fingerprint density at radius 2 is 1.60 bits per heavy atom. The summed E-state index contributed by atoms with van der Waals surface area (Å²) in [4.78, 5) is 29.1. The minimum Gasteiger partial charge on any atom is -0.486 e. The van der Waals surface area contributed by atoms with Crippen molar-refractivity contribution in [2.45, 2.75) is 63.1 Å². The summed E-state index contributed by atoms with van der Waals surface area (Å²) in [5.41, 5.74) is 2.11. The third-order valence-electron chi connectivity index (χ3n) is 7.89. The van der Waals surface area contributed by atoms with Crippen LogP contribution in [0.1, 0.15) is 43.7 Å². The van der Waals surface area contributed by atoms with E-state index in [1.165, 1.54) is 17.0 Å². The molecular weight excluding hydrogens is 554 g/mol. The van der Waals surface area contributed by atoms with Crippen molar-refractivity contribution in [3.05, 3.63) is 83.9 Å². The van der Waals surface area contributed by atoms with Gasteiger partial charge in [-0.3, -0.25) is 13.9 Å². The Labute approximate surface area is 247 Å². The Morgan fingerprint density at radius 1 is 0.929 bits per heavy atom. The van der Waals surface area contributed by atoms with Gasteiger partial charge >= 0.3 is 0 Å². The monoisotopic (exact) mass is 591 g/mol. The summed E-state index contributed by atoms with van der Waals surface area (Å²) in [6.07, 6.45) is 3.95. The molecule has 10 heteroatoms. The summed E-state index contributed by atoms with van der Waals surface area (Å²) < 4.78 is 40.4. The molecule has 1 N–H and O–H groups in total. The zero-order chi connectivity index (χ0) is 29.7. The molecule has 1 heterocycles. The first-order valence-corrected chi connectivity index (χ1v) is 15.8. The van der Waals surface area contributed by atoms with E-state index in [4.69, 9.17) is 9.47 Å². The standard InChI is InChI=1S/C32H37N3O6S/c1-23-10-6-7-11-25(23)21-34(24(2)32(37)33-26-12-8-9-13-26)31(36)22-35(42(38,39)28-14-4-3-5-15-28)27-16-17-29-30(20-27)41-19-18-40-29/h3-7,10-11,14-17,20,24,26H,8-9,12-13,18-19,21-22H2,1-2H3,(H,33,37)/t24-/m0/s1. The number of benzene rings is 3. The summed E-state index contributed by atoms with van der Waals surface area (Å²) in [5, 5.41) is 3.09. The van der Waals surface area contributed by atoms with Crippen molar-refractivity contribution in [1.29, 1.82) is 0 Å². The first-order valence-electron chi connectivity index (χ1n) is 14.4. The molecule has 0 saturated heterocycles. The minimum absolute atomic E-state index is 0.0465. The number of rotatable bonds is 10. The van der Waals surface area contributed by atoms with Crippen LogP contribution in [0.15, 0.2) is 77.7 Å². The molecule has 0 spiro atoms. The molecule has 3 aromatic rings. The van der Waals surface area contributed by atoms with E-state index in [0.717, 1.165) is 41.1 Å². The molecule has 1 aliphatic carbocycles. The molecule has 3 aromatic carbocycles. The molecule has 2 amide bonds. The van der Waals surface area contributed by atoms with E-state index in [2.05, 4.69) is 5.32 Å². The van der Waals surface area contributed by atoms with Crippen LogP contribution in [0.4, 0.5) is 5.69 Å². The van der Waals surface area contributed by atoms with Crippen LogP contribution in [0, 0.1) is 6.92 Å². The lowest BCUT2D eigenvalue weighted by Crippen LogP contribution is -2.52. The van der Waals surface area contributed by atoms with Gasteiger partial charge in [-0.2, -0.15) is 0 Å². The summed E-state index contributed by atoms with van der Waals surface area (Å²) in [6.45, 7) is 4.02. The van der Waals surface area contributed by atoms with Crippen molar-refractivity contribution in [1.82, 2.24) is 10.2 Å². The number of carbonyl (C=O) groups is 2. The van der Waals surface area contributed by atoms with Crippen LogP contribution in [0.5, 0.6) is 11.5 Å². The number of hydrogen-bond acceptors (Lipinski definition) is 6. The van der Waals surface area contributed by atoms with Gasteiger partial charge in [0.25, 0.3) is 10.0 Å². The van der Waals surface area contributed by atoms with Crippen LogP contribution in [0.3, 0.4) is 0 Å². The lowest BCUT2D eigenvalue weighted by Gasteiger charge is -2.33. The molecule has 0 aromatic heterocycles. The normalized spacial score (nSPS) is 15.6. The van der Waals surface area contributed by atoms with Gasteiger partial charge in [-0.1, -0.05) is 55.3 Å². The predicted molar refractivity (Wildman–Crippen MR) is 160 cm³/mol. The third-order valence-corrected chi connectivity index (χ3v) is 9.68. The van der Waals surface area contributed by atoms with Crippen LogP contribution in [0.25, 0.3) is 0 Å². The Kier molecular flexibility index (Phi) is 9.01. The van der Waals surface area contributed by atoms with Crippen molar-refractivity contribution < 1.29 is 27.5 Å². The number of nitrogens with one attached hydrogen (secondary N) is 1. The molecule has 2 aliphatic rings. The highest BCUT2D eigenvalue weighted by atomic mass is 32.2. The molecule has 42 heavy (non-hydrogen) atoms. The van der Waals surface area contributed by atoms with E-state index >= 15 is 0 Å². The fourth-order valence-corrected chi connectivity index (χ4v) is 6.81. The van der Waals surface area contributed by atoms with Gasteiger partial charge in [-0.15, -0.1) is 0 Å². The highest BCUT2D eigenvalue weighted by molar-refractivity contribution is 7.92. The number of fused-ring (bicyclic) bond motifs is 1. The molecule has 1 saturated carbocycles. The number of ether oxygens (including phenoxy) is 2. The molecule has 222 valence electrons.